The number of amides is 1. The molecule has 0 saturated heterocycles. The Morgan fingerprint density at radius 3 is 2.43 bits per heavy atom. The zero-order valence-electron chi connectivity index (χ0n) is 14.3. The molecule has 0 aromatic heterocycles. The van der Waals surface area contributed by atoms with E-state index in [1.165, 1.54) is 19.3 Å². The number of ether oxygens (including phenoxy) is 1. The molecule has 3 N–H and O–H groups in total. The highest BCUT2D eigenvalue weighted by Crippen LogP contribution is 2.27. The highest BCUT2D eigenvalue weighted by Gasteiger charge is 2.28. The van der Waals surface area contributed by atoms with E-state index in [2.05, 4.69) is 17.1 Å². The Labute approximate surface area is 129 Å². The number of hydrogen-bond acceptors (Lipinski definition) is 4. The topological polar surface area (TPSA) is 67.6 Å². The van der Waals surface area contributed by atoms with Crippen LogP contribution in [0.3, 0.4) is 0 Å². The molecule has 124 valence electrons. The number of nitrogens with zero attached hydrogens (tertiary/aromatic N) is 1. The molecule has 0 aromatic carbocycles. The van der Waals surface area contributed by atoms with E-state index in [0.717, 1.165) is 19.0 Å². The lowest BCUT2D eigenvalue weighted by Gasteiger charge is -2.39. The molecular formula is C16H33N3O2. The Morgan fingerprint density at radius 1 is 1.43 bits per heavy atom. The second kappa shape index (κ2) is 7.99. The minimum atomic E-state index is -0.474. The van der Waals surface area contributed by atoms with Crippen LogP contribution in [0.5, 0.6) is 0 Å². The van der Waals surface area contributed by atoms with E-state index in [9.17, 15) is 4.79 Å². The number of alkyl carbamates (subject to hydrolysis) is 1. The Hall–Kier alpha value is -0.810. The molecule has 1 rings (SSSR count). The number of nitrogens with one attached hydrogen (secondary N) is 1. The van der Waals surface area contributed by atoms with Crippen molar-refractivity contribution in [2.24, 2.45) is 11.7 Å². The smallest absolute Gasteiger partial charge is 0.407 e. The van der Waals surface area contributed by atoms with Gasteiger partial charge in [-0.25, -0.2) is 4.79 Å². The van der Waals surface area contributed by atoms with Crippen molar-refractivity contribution in [1.29, 1.82) is 0 Å². The van der Waals surface area contributed by atoms with Gasteiger partial charge in [-0.2, -0.15) is 0 Å². The van der Waals surface area contributed by atoms with Gasteiger partial charge in [-0.05, 0) is 53.0 Å². The maximum Gasteiger partial charge on any atom is 0.407 e. The Bertz CT molecular complexity index is 324. The van der Waals surface area contributed by atoms with Gasteiger partial charge >= 0.3 is 6.09 Å². The largest absolute Gasteiger partial charge is 0.444 e. The molecule has 0 heterocycles. The van der Waals surface area contributed by atoms with Gasteiger partial charge in [0, 0.05) is 25.2 Å². The summed E-state index contributed by atoms with van der Waals surface area (Å²) in [7, 11) is 0. The van der Waals surface area contributed by atoms with Gasteiger partial charge in [-0.3, -0.25) is 4.90 Å². The third-order valence-corrected chi connectivity index (χ3v) is 4.16. The summed E-state index contributed by atoms with van der Waals surface area (Å²) in [5.74, 6) is 0.799. The SMILES string of the molecule is CCN(CC1CCC1)C(CN)C(C)NC(=O)OC(C)(C)C. The predicted octanol–water partition coefficient (Wildman–Crippen LogP) is 2.35. The molecule has 0 aromatic rings. The minimum Gasteiger partial charge on any atom is -0.444 e. The summed E-state index contributed by atoms with van der Waals surface area (Å²) in [6, 6.07) is 0.132. The average molecular weight is 299 g/mol. The van der Waals surface area contributed by atoms with Gasteiger partial charge in [0.1, 0.15) is 5.60 Å². The summed E-state index contributed by atoms with van der Waals surface area (Å²) in [4.78, 5) is 14.3. The second-order valence-corrected chi connectivity index (χ2v) is 7.12. The highest BCUT2D eigenvalue weighted by atomic mass is 16.6. The third-order valence-electron chi connectivity index (χ3n) is 4.16. The summed E-state index contributed by atoms with van der Waals surface area (Å²) in [5, 5.41) is 2.93. The first-order valence-electron chi connectivity index (χ1n) is 8.20. The molecular weight excluding hydrogens is 266 g/mol. The van der Waals surface area contributed by atoms with Crippen molar-refractivity contribution in [3.63, 3.8) is 0 Å². The number of nitrogens with two attached hydrogens (primary N) is 1. The molecule has 0 spiro atoms. The van der Waals surface area contributed by atoms with Gasteiger partial charge in [-0.1, -0.05) is 13.3 Å². The fraction of sp³-hybridized carbons (Fsp3) is 0.938. The minimum absolute atomic E-state index is 0.0233. The predicted molar refractivity (Wildman–Crippen MR) is 86.3 cm³/mol. The van der Waals surface area contributed by atoms with E-state index in [4.69, 9.17) is 10.5 Å². The van der Waals surface area contributed by atoms with Crippen LogP contribution in [0.4, 0.5) is 4.79 Å². The fourth-order valence-corrected chi connectivity index (χ4v) is 2.77. The molecule has 1 amide bonds. The lowest BCUT2D eigenvalue weighted by Crippen LogP contribution is -2.55. The quantitative estimate of drug-likeness (QED) is 0.757. The van der Waals surface area contributed by atoms with Gasteiger partial charge in [0.2, 0.25) is 0 Å². The van der Waals surface area contributed by atoms with E-state index in [-0.39, 0.29) is 18.2 Å². The molecule has 1 saturated carbocycles. The van der Waals surface area contributed by atoms with Crippen molar-refractivity contribution in [2.75, 3.05) is 19.6 Å². The van der Waals surface area contributed by atoms with Crippen LogP contribution < -0.4 is 11.1 Å². The normalized spacial score (nSPS) is 19.0. The molecule has 5 heteroatoms. The lowest BCUT2D eigenvalue weighted by atomic mass is 9.84. The van der Waals surface area contributed by atoms with E-state index in [1.54, 1.807) is 0 Å². The van der Waals surface area contributed by atoms with E-state index >= 15 is 0 Å². The van der Waals surface area contributed by atoms with E-state index < -0.39 is 5.60 Å². The Morgan fingerprint density at radius 2 is 2.05 bits per heavy atom. The summed E-state index contributed by atoms with van der Waals surface area (Å²) in [6.07, 6.45) is 3.62. The van der Waals surface area contributed by atoms with Crippen LogP contribution >= 0.6 is 0 Å². The Kier molecular flexibility index (Phi) is 6.94. The number of hydrogen-bond donors (Lipinski definition) is 2. The molecule has 0 aliphatic heterocycles. The molecule has 0 bridgehead atoms. The van der Waals surface area contributed by atoms with Gasteiger partial charge in [0.05, 0.1) is 0 Å². The molecule has 1 aliphatic carbocycles. The molecule has 2 atom stereocenters. The second-order valence-electron chi connectivity index (χ2n) is 7.12. The summed E-state index contributed by atoms with van der Waals surface area (Å²) < 4.78 is 5.32. The van der Waals surface area contributed by atoms with Crippen molar-refractivity contribution >= 4 is 6.09 Å². The van der Waals surface area contributed by atoms with Gasteiger partial charge < -0.3 is 15.8 Å². The third kappa shape index (κ3) is 6.22. The number of carbonyl (C=O) groups is 1. The molecule has 5 nitrogen and oxygen atoms in total. The summed E-state index contributed by atoms with van der Waals surface area (Å²) >= 11 is 0. The van der Waals surface area contributed by atoms with Gasteiger partial charge in [-0.15, -0.1) is 0 Å². The van der Waals surface area contributed by atoms with Crippen LogP contribution in [0.15, 0.2) is 0 Å². The monoisotopic (exact) mass is 299 g/mol. The van der Waals surface area contributed by atoms with E-state index in [0.29, 0.717) is 6.54 Å². The number of rotatable bonds is 7. The number of likely N-dealkylation sites (N-methyl/N-ethyl adjacent to an activating group) is 1. The van der Waals surface area contributed by atoms with Crippen molar-refractivity contribution in [1.82, 2.24) is 10.2 Å². The highest BCUT2D eigenvalue weighted by molar-refractivity contribution is 5.68. The van der Waals surface area contributed by atoms with Crippen molar-refractivity contribution in [3.8, 4) is 0 Å². The fourth-order valence-electron chi connectivity index (χ4n) is 2.77. The summed E-state index contributed by atoms with van der Waals surface area (Å²) in [6.45, 7) is 12.3. The van der Waals surface area contributed by atoms with E-state index in [1.807, 2.05) is 27.7 Å². The van der Waals surface area contributed by atoms with Crippen LogP contribution in [0.25, 0.3) is 0 Å². The van der Waals surface area contributed by atoms with Crippen LogP contribution in [0.2, 0.25) is 0 Å². The first-order chi connectivity index (χ1) is 9.76. The first kappa shape index (κ1) is 18.2. The molecule has 2 unspecified atom stereocenters. The average Bonchev–Trinajstić information content (AvgIpc) is 2.29. The molecule has 21 heavy (non-hydrogen) atoms. The van der Waals surface area contributed by atoms with Crippen LogP contribution in [0, 0.1) is 5.92 Å². The maximum absolute atomic E-state index is 11.9. The summed E-state index contributed by atoms with van der Waals surface area (Å²) in [5.41, 5.74) is 5.48. The Balaban J connectivity index is 2.53. The molecule has 0 radical (unpaired) electrons. The van der Waals surface area contributed by atoms with Gasteiger partial charge in [0.25, 0.3) is 0 Å². The van der Waals surface area contributed by atoms with Crippen LogP contribution in [-0.4, -0.2) is 48.3 Å². The zero-order chi connectivity index (χ0) is 16.0. The van der Waals surface area contributed by atoms with Crippen molar-refractivity contribution in [3.05, 3.63) is 0 Å². The van der Waals surface area contributed by atoms with Crippen molar-refractivity contribution < 1.29 is 9.53 Å². The molecule has 1 aliphatic rings. The number of carbonyl (C=O) groups excluding carboxylic acids is 1. The lowest BCUT2D eigenvalue weighted by molar-refractivity contribution is 0.0457. The standard InChI is InChI=1S/C16H33N3O2/c1-6-19(11-13-8-7-9-13)14(10-17)12(2)18-15(20)21-16(3,4)5/h12-14H,6-11,17H2,1-5H3,(H,18,20). The zero-order valence-corrected chi connectivity index (χ0v) is 14.3. The van der Waals surface area contributed by atoms with Crippen LogP contribution in [-0.2, 0) is 4.74 Å². The van der Waals surface area contributed by atoms with Crippen molar-refractivity contribution in [2.45, 2.75) is 71.6 Å². The maximum atomic E-state index is 11.9. The molecule has 1 fully saturated rings. The van der Waals surface area contributed by atoms with Crippen LogP contribution in [0.1, 0.15) is 53.9 Å². The van der Waals surface area contributed by atoms with Gasteiger partial charge in [0.15, 0.2) is 0 Å². The first-order valence-corrected chi connectivity index (χ1v) is 8.20.